The lowest BCUT2D eigenvalue weighted by molar-refractivity contribution is -0.113. The molecule has 0 spiro atoms. The van der Waals surface area contributed by atoms with Gasteiger partial charge >= 0.3 is 0 Å². The molecule has 1 amide bonds. The molecular weight excluding hydrogens is 406 g/mol. The normalized spacial score (nSPS) is 11.8. The molecule has 152 valence electrons. The second-order valence-corrected chi connectivity index (χ2v) is 10.0. The van der Waals surface area contributed by atoms with Gasteiger partial charge in [0.15, 0.2) is 0 Å². The van der Waals surface area contributed by atoms with Crippen molar-refractivity contribution in [2.45, 2.75) is 23.8 Å². The van der Waals surface area contributed by atoms with Crippen LogP contribution in [0, 0.1) is 13.8 Å². The molecule has 0 radical (unpaired) electrons. The number of fused-ring (bicyclic) bond motifs is 1. The Labute approximate surface area is 175 Å². The van der Waals surface area contributed by atoms with Gasteiger partial charge in [-0.2, -0.15) is 0 Å². The van der Waals surface area contributed by atoms with E-state index >= 15 is 0 Å². The highest BCUT2D eigenvalue weighted by molar-refractivity contribution is 7.99. The topological polar surface area (TPSA) is 79.4 Å². The number of aryl methyl sites for hydroxylation is 2. The number of hydrogen-bond donors (Lipinski definition) is 1. The number of pyridine rings is 1. The van der Waals surface area contributed by atoms with Crippen LogP contribution in [-0.4, -0.2) is 43.5 Å². The van der Waals surface area contributed by atoms with Crippen molar-refractivity contribution in [2.24, 2.45) is 0 Å². The Morgan fingerprint density at radius 1 is 1.07 bits per heavy atom. The third kappa shape index (κ3) is 4.77. The average Bonchev–Trinajstić information content (AvgIpc) is 2.68. The minimum Gasteiger partial charge on any atom is -0.325 e. The van der Waals surface area contributed by atoms with Crippen LogP contribution in [0.3, 0.4) is 0 Å². The number of nitrogens with one attached hydrogen (secondary N) is 1. The van der Waals surface area contributed by atoms with Crippen molar-refractivity contribution in [2.75, 3.05) is 25.2 Å². The fraction of sp³-hybridized carbons (Fsp3) is 0.238. The zero-order valence-electron chi connectivity index (χ0n) is 16.8. The molecule has 0 saturated heterocycles. The Morgan fingerprint density at radius 2 is 1.79 bits per heavy atom. The van der Waals surface area contributed by atoms with Gasteiger partial charge in [0.25, 0.3) is 0 Å². The van der Waals surface area contributed by atoms with Gasteiger partial charge < -0.3 is 5.32 Å². The van der Waals surface area contributed by atoms with Gasteiger partial charge in [0, 0.05) is 25.2 Å². The molecule has 1 heterocycles. The summed E-state index contributed by atoms with van der Waals surface area (Å²) in [6, 6.07) is 14.6. The van der Waals surface area contributed by atoms with Gasteiger partial charge in [0.05, 0.1) is 21.2 Å². The van der Waals surface area contributed by atoms with E-state index in [1.165, 1.54) is 38.0 Å². The van der Waals surface area contributed by atoms with Crippen LogP contribution in [0.5, 0.6) is 0 Å². The van der Waals surface area contributed by atoms with E-state index < -0.39 is 10.0 Å². The number of rotatable bonds is 6. The van der Waals surface area contributed by atoms with Gasteiger partial charge in [-0.15, -0.1) is 0 Å². The molecule has 0 aliphatic carbocycles. The molecule has 0 aliphatic rings. The molecule has 0 aliphatic heterocycles. The Kier molecular flexibility index (Phi) is 6.26. The Morgan fingerprint density at radius 3 is 2.52 bits per heavy atom. The van der Waals surface area contributed by atoms with Crippen LogP contribution in [0.1, 0.15) is 11.1 Å². The molecule has 6 nitrogen and oxygen atoms in total. The molecule has 2 aromatic carbocycles. The largest absolute Gasteiger partial charge is 0.325 e. The number of sulfonamides is 1. The molecule has 0 saturated carbocycles. The molecule has 29 heavy (non-hydrogen) atoms. The number of para-hydroxylation sites is 1. The van der Waals surface area contributed by atoms with Gasteiger partial charge in [-0.05, 0) is 49.2 Å². The highest BCUT2D eigenvalue weighted by atomic mass is 32.2. The summed E-state index contributed by atoms with van der Waals surface area (Å²) in [7, 11) is -0.616. The van der Waals surface area contributed by atoms with E-state index in [1.54, 1.807) is 6.07 Å². The quantitative estimate of drug-likeness (QED) is 0.603. The Balaban J connectivity index is 1.73. The first-order valence-corrected chi connectivity index (χ1v) is 11.4. The first-order valence-electron chi connectivity index (χ1n) is 9.00. The molecule has 1 aromatic heterocycles. The number of carbonyl (C=O) groups is 1. The highest BCUT2D eigenvalue weighted by Gasteiger charge is 2.18. The zero-order valence-corrected chi connectivity index (χ0v) is 18.4. The van der Waals surface area contributed by atoms with Gasteiger partial charge in [-0.25, -0.2) is 17.7 Å². The third-order valence-electron chi connectivity index (χ3n) is 4.51. The molecule has 1 N–H and O–H groups in total. The zero-order chi connectivity index (χ0) is 21.2. The van der Waals surface area contributed by atoms with Gasteiger partial charge in [0.1, 0.15) is 0 Å². The van der Waals surface area contributed by atoms with Crippen molar-refractivity contribution in [3.8, 4) is 0 Å². The first kappa shape index (κ1) is 21.3. The summed E-state index contributed by atoms with van der Waals surface area (Å²) in [5, 5.41) is 4.68. The molecular formula is C21H23N3O3S2. The molecule has 0 bridgehead atoms. The lowest BCUT2D eigenvalue weighted by atomic mass is 10.1. The van der Waals surface area contributed by atoms with Crippen molar-refractivity contribution in [3.05, 3.63) is 59.7 Å². The van der Waals surface area contributed by atoms with E-state index in [4.69, 9.17) is 0 Å². The van der Waals surface area contributed by atoms with E-state index in [1.807, 2.05) is 44.2 Å². The molecule has 8 heteroatoms. The predicted molar refractivity (Wildman–Crippen MR) is 118 cm³/mol. The average molecular weight is 430 g/mol. The second-order valence-electron chi connectivity index (χ2n) is 6.90. The van der Waals surface area contributed by atoms with Crippen LogP contribution in [0.25, 0.3) is 10.9 Å². The van der Waals surface area contributed by atoms with E-state index in [0.717, 1.165) is 31.4 Å². The maximum Gasteiger partial charge on any atom is 0.242 e. The van der Waals surface area contributed by atoms with E-state index in [2.05, 4.69) is 10.3 Å². The number of anilines is 1. The van der Waals surface area contributed by atoms with Crippen molar-refractivity contribution in [1.82, 2.24) is 9.29 Å². The lowest BCUT2D eigenvalue weighted by Gasteiger charge is -2.14. The summed E-state index contributed by atoms with van der Waals surface area (Å²) in [5.74, 6) is -0.0420. The summed E-state index contributed by atoms with van der Waals surface area (Å²) < 4.78 is 25.8. The fourth-order valence-corrected chi connectivity index (χ4v) is 4.53. The summed E-state index contributed by atoms with van der Waals surface area (Å²) in [5.41, 5.74) is 3.28. The number of carbonyl (C=O) groups excluding carboxylic acids is 1. The van der Waals surface area contributed by atoms with Crippen molar-refractivity contribution in [3.63, 3.8) is 0 Å². The van der Waals surface area contributed by atoms with Crippen LogP contribution >= 0.6 is 11.8 Å². The number of thioether (sulfide) groups is 1. The third-order valence-corrected chi connectivity index (χ3v) is 7.23. The van der Waals surface area contributed by atoms with E-state index in [9.17, 15) is 13.2 Å². The van der Waals surface area contributed by atoms with E-state index in [0.29, 0.717) is 5.69 Å². The summed E-state index contributed by atoms with van der Waals surface area (Å²) >= 11 is 1.35. The van der Waals surface area contributed by atoms with Crippen LogP contribution < -0.4 is 5.32 Å². The van der Waals surface area contributed by atoms with Crippen LogP contribution in [0.15, 0.2) is 58.5 Å². The summed E-state index contributed by atoms with van der Waals surface area (Å²) in [6.45, 7) is 3.84. The summed E-state index contributed by atoms with van der Waals surface area (Å²) in [6.07, 6.45) is 0. The number of amides is 1. The SMILES string of the molecule is Cc1ccc(S(=O)(=O)N(C)C)cc1NC(=O)CSc1cc(C)c2ccccc2n1. The number of benzene rings is 2. The molecule has 0 fully saturated rings. The number of nitrogens with zero attached hydrogens (tertiary/aromatic N) is 2. The molecule has 0 unspecified atom stereocenters. The standard InChI is InChI=1S/C21H23N3O3S2/c1-14-9-10-16(29(26,27)24(3)4)12-19(14)22-20(25)13-28-21-11-15(2)17-7-5-6-8-18(17)23-21/h5-12H,13H2,1-4H3,(H,22,25). The maximum absolute atomic E-state index is 12.5. The maximum atomic E-state index is 12.5. The van der Waals surface area contributed by atoms with Crippen LogP contribution in [0.4, 0.5) is 5.69 Å². The van der Waals surface area contributed by atoms with Crippen LogP contribution in [0.2, 0.25) is 0 Å². The van der Waals surface area contributed by atoms with Crippen molar-refractivity contribution >= 4 is 44.3 Å². The smallest absolute Gasteiger partial charge is 0.242 e. The van der Waals surface area contributed by atoms with Crippen molar-refractivity contribution in [1.29, 1.82) is 0 Å². The van der Waals surface area contributed by atoms with Gasteiger partial charge in [-0.1, -0.05) is 36.0 Å². The minimum absolute atomic E-state index is 0.142. The van der Waals surface area contributed by atoms with Crippen molar-refractivity contribution < 1.29 is 13.2 Å². The molecule has 0 atom stereocenters. The summed E-state index contributed by atoms with van der Waals surface area (Å²) in [4.78, 5) is 17.2. The Bertz CT molecular complexity index is 1180. The van der Waals surface area contributed by atoms with Gasteiger partial charge in [0.2, 0.25) is 15.9 Å². The van der Waals surface area contributed by atoms with E-state index in [-0.39, 0.29) is 16.6 Å². The minimum atomic E-state index is -3.57. The molecule has 3 aromatic rings. The predicted octanol–water partition coefficient (Wildman–Crippen LogP) is 3.83. The monoisotopic (exact) mass is 429 g/mol. The number of hydrogen-bond acceptors (Lipinski definition) is 5. The van der Waals surface area contributed by atoms with Crippen LogP contribution in [-0.2, 0) is 14.8 Å². The lowest BCUT2D eigenvalue weighted by Crippen LogP contribution is -2.22. The number of aromatic nitrogens is 1. The fourth-order valence-electron chi connectivity index (χ4n) is 2.83. The van der Waals surface area contributed by atoms with Gasteiger partial charge in [-0.3, -0.25) is 4.79 Å². The second kappa shape index (κ2) is 8.52. The molecule has 3 rings (SSSR count). The first-order chi connectivity index (χ1) is 13.7. The Hall–Kier alpha value is -2.42. The highest BCUT2D eigenvalue weighted by Crippen LogP contribution is 2.25.